The summed E-state index contributed by atoms with van der Waals surface area (Å²) in [4.78, 5) is 2.38. The number of thiophene rings is 1. The summed E-state index contributed by atoms with van der Waals surface area (Å²) >= 11 is 1.85. The highest BCUT2D eigenvalue weighted by Gasteiger charge is 2.18. The molecular formula is C48H31NOS. The molecule has 2 aromatic heterocycles. The second-order valence-corrected chi connectivity index (χ2v) is 14.0. The zero-order valence-electron chi connectivity index (χ0n) is 27.7. The van der Waals surface area contributed by atoms with Crippen LogP contribution in [0.25, 0.3) is 75.5 Å². The number of hydrogen-bond acceptors (Lipinski definition) is 3. The molecule has 10 aromatic rings. The Morgan fingerprint density at radius 3 is 1.86 bits per heavy atom. The Hall–Kier alpha value is -6.42. The molecule has 0 fully saturated rings. The SMILES string of the molecule is c1ccc(-c2cccc(N(c3ccc(-c4ccccc4-c4cccc5c4oc4ccccc45)cc3)c3ccc4sc5ccccc5c4c3)c2)cc1. The molecule has 0 aliphatic carbocycles. The van der Waals surface area contributed by atoms with Gasteiger partial charge in [-0.15, -0.1) is 11.3 Å². The lowest BCUT2D eigenvalue weighted by Gasteiger charge is -2.26. The van der Waals surface area contributed by atoms with E-state index >= 15 is 0 Å². The van der Waals surface area contributed by atoms with E-state index in [0.717, 1.165) is 55.7 Å². The molecular weight excluding hydrogens is 639 g/mol. The first-order valence-corrected chi connectivity index (χ1v) is 18.1. The van der Waals surface area contributed by atoms with Crippen LogP contribution < -0.4 is 4.90 Å². The summed E-state index contributed by atoms with van der Waals surface area (Å²) in [5.74, 6) is 0. The third-order valence-corrected chi connectivity index (χ3v) is 11.0. The number of furan rings is 1. The average molecular weight is 670 g/mol. The van der Waals surface area contributed by atoms with Crippen LogP contribution in [0.4, 0.5) is 17.1 Å². The largest absolute Gasteiger partial charge is 0.455 e. The third-order valence-electron chi connectivity index (χ3n) is 9.89. The number of rotatable bonds is 6. The average Bonchev–Trinajstić information content (AvgIpc) is 3.77. The molecule has 0 N–H and O–H groups in total. The lowest BCUT2D eigenvalue weighted by atomic mass is 9.93. The highest BCUT2D eigenvalue weighted by atomic mass is 32.1. The molecule has 0 saturated carbocycles. The van der Waals surface area contributed by atoms with Crippen molar-refractivity contribution in [3.63, 3.8) is 0 Å². The molecule has 2 heterocycles. The van der Waals surface area contributed by atoms with Crippen molar-refractivity contribution in [3.05, 3.63) is 188 Å². The summed E-state index contributed by atoms with van der Waals surface area (Å²) in [6.07, 6.45) is 0. The van der Waals surface area contributed by atoms with Crippen molar-refractivity contribution < 1.29 is 4.42 Å². The van der Waals surface area contributed by atoms with E-state index < -0.39 is 0 Å². The van der Waals surface area contributed by atoms with Crippen molar-refractivity contribution >= 4 is 70.5 Å². The van der Waals surface area contributed by atoms with Gasteiger partial charge >= 0.3 is 0 Å². The van der Waals surface area contributed by atoms with Crippen molar-refractivity contribution in [1.82, 2.24) is 0 Å². The van der Waals surface area contributed by atoms with Crippen LogP contribution in [0.15, 0.2) is 192 Å². The Morgan fingerprint density at radius 2 is 0.980 bits per heavy atom. The monoisotopic (exact) mass is 669 g/mol. The summed E-state index contributed by atoms with van der Waals surface area (Å²) in [5, 5.41) is 4.85. The number of para-hydroxylation sites is 2. The third kappa shape index (κ3) is 5.10. The van der Waals surface area contributed by atoms with Gasteiger partial charge in [-0.05, 0) is 82.4 Å². The first-order chi connectivity index (χ1) is 25.3. The van der Waals surface area contributed by atoms with Gasteiger partial charge in [0.1, 0.15) is 11.2 Å². The molecule has 0 spiro atoms. The first kappa shape index (κ1) is 29.5. The minimum absolute atomic E-state index is 0.909. The second-order valence-electron chi connectivity index (χ2n) is 12.9. The molecule has 0 radical (unpaired) electrons. The summed E-state index contributed by atoms with van der Waals surface area (Å²) in [7, 11) is 0. The molecule has 0 aliphatic heterocycles. The van der Waals surface area contributed by atoms with Crippen molar-refractivity contribution in [2.45, 2.75) is 0 Å². The highest BCUT2D eigenvalue weighted by Crippen LogP contribution is 2.43. The number of anilines is 3. The maximum Gasteiger partial charge on any atom is 0.143 e. The Labute approximate surface area is 300 Å². The molecule has 51 heavy (non-hydrogen) atoms. The first-order valence-electron chi connectivity index (χ1n) is 17.3. The van der Waals surface area contributed by atoms with Crippen LogP contribution in [-0.2, 0) is 0 Å². The topological polar surface area (TPSA) is 16.4 Å². The molecule has 0 unspecified atom stereocenters. The number of hydrogen-bond donors (Lipinski definition) is 0. The fraction of sp³-hybridized carbons (Fsp3) is 0. The van der Waals surface area contributed by atoms with E-state index in [1.807, 2.05) is 23.5 Å². The van der Waals surface area contributed by atoms with Gasteiger partial charge in [-0.25, -0.2) is 0 Å². The van der Waals surface area contributed by atoms with Gasteiger partial charge in [0.05, 0.1) is 0 Å². The van der Waals surface area contributed by atoms with Gasteiger partial charge < -0.3 is 9.32 Å². The van der Waals surface area contributed by atoms with E-state index in [0.29, 0.717) is 0 Å². The molecule has 10 rings (SSSR count). The van der Waals surface area contributed by atoms with Crippen LogP contribution in [0, 0.1) is 0 Å². The van der Waals surface area contributed by atoms with Gasteiger partial charge in [0.15, 0.2) is 0 Å². The van der Waals surface area contributed by atoms with Crippen LogP contribution >= 0.6 is 11.3 Å². The standard InChI is InChI=1S/C48H31NOS/c1-2-12-32(13-3-1)34-14-10-15-36(30-34)49(37-28-29-47-44(31-37)41-19-7-9-23-46(41)51-47)35-26-24-33(25-27-35)38-16-4-5-17-39(38)42-20-11-21-43-40-18-6-8-22-45(40)50-48(42)43/h1-31H. The normalized spacial score (nSPS) is 11.5. The van der Waals surface area contributed by atoms with E-state index in [-0.39, 0.29) is 0 Å². The molecule has 0 saturated heterocycles. The molecule has 8 aromatic carbocycles. The van der Waals surface area contributed by atoms with Crippen LogP contribution in [0.5, 0.6) is 0 Å². The second kappa shape index (κ2) is 12.2. The maximum absolute atomic E-state index is 6.46. The zero-order valence-corrected chi connectivity index (χ0v) is 28.5. The Morgan fingerprint density at radius 1 is 0.353 bits per heavy atom. The number of benzene rings is 8. The smallest absolute Gasteiger partial charge is 0.143 e. The van der Waals surface area contributed by atoms with Gasteiger partial charge in [0.25, 0.3) is 0 Å². The van der Waals surface area contributed by atoms with Gasteiger partial charge in [0, 0.05) is 53.6 Å². The molecule has 0 bridgehead atoms. The van der Waals surface area contributed by atoms with Crippen LogP contribution in [0.3, 0.4) is 0 Å². The minimum Gasteiger partial charge on any atom is -0.455 e. The summed E-state index contributed by atoms with van der Waals surface area (Å²) in [5.41, 5.74) is 12.1. The summed E-state index contributed by atoms with van der Waals surface area (Å²) < 4.78 is 9.07. The fourth-order valence-corrected chi connectivity index (χ4v) is 8.56. The van der Waals surface area contributed by atoms with Gasteiger partial charge in [-0.3, -0.25) is 0 Å². The molecule has 0 atom stereocenters. The molecule has 3 heteroatoms. The summed E-state index contributed by atoms with van der Waals surface area (Å²) in [6, 6.07) is 67.4. The fourth-order valence-electron chi connectivity index (χ4n) is 7.47. The van der Waals surface area contributed by atoms with Gasteiger partial charge in [-0.1, -0.05) is 133 Å². The van der Waals surface area contributed by atoms with E-state index in [2.05, 4.69) is 181 Å². The minimum atomic E-state index is 0.909. The summed E-state index contributed by atoms with van der Waals surface area (Å²) in [6.45, 7) is 0. The van der Waals surface area contributed by atoms with E-state index in [1.54, 1.807) is 0 Å². The number of nitrogens with zero attached hydrogens (tertiary/aromatic N) is 1. The Bertz CT molecular complexity index is 2860. The van der Waals surface area contributed by atoms with Gasteiger partial charge in [0.2, 0.25) is 0 Å². The Kier molecular flexibility index (Phi) is 7.04. The Balaban J connectivity index is 1.10. The maximum atomic E-state index is 6.46. The van der Waals surface area contributed by atoms with Crippen molar-refractivity contribution in [1.29, 1.82) is 0 Å². The van der Waals surface area contributed by atoms with E-state index in [4.69, 9.17) is 4.42 Å². The van der Waals surface area contributed by atoms with Crippen molar-refractivity contribution in [3.8, 4) is 33.4 Å². The quantitative estimate of drug-likeness (QED) is 0.175. The predicted octanol–water partition coefficient (Wildman–Crippen LogP) is 14.4. The van der Waals surface area contributed by atoms with Crippen molar-refractivity contribution in [2.24, 2.45) is 0 Å². The highest BCUT2D eigenvalue weighted by molar-refractivity contribution is 7.25. The van der Waals surface area contributed by atoms with Crippen LogP contribution in [0.2, 0.25) is 0 Å². The van der Waals surface area contributed by atoms with E-state index in [1.165, 1.54) is 36.9 Å². The van der Waals surface area contributed by atoms with Crippen LogP contribution in [-0.4, -0.2) is 0 Å². The van der Waals surface area contributed by atoms with Gasteiger partial charge in [-0.2, -0.15) is 0 Å². The number of fused-ring (bicyclic) bond motifs is 6. The lowest BCUT2D eigenvalue weighted by Crippen LogP contribution is -2.10. The molecule has 0 amide bonds. The van der Waals surface area contributed by atoms with Crippen LogP contribution in [0.1, 0.15) is 0 Å². The predicted molar refractivity (Wildman–Crippen MR) is 218 cm³/mol. The molecule has 240 valence electrons. The van der Waals surface area contributed by atoms with Crippen molar-refractivity contribution in [2.75, 3.05) is 4.90 Å². The molecule has 0 aliphatic rings. The molecule has 2 nitrogen and oxygen atoms in total. The zero-order chi connectivity index (χ0) is 33.7. The lowest BCUT2D eigenvalue weighted by molar-refractivity contribution is 0.670. The van der Waals surface area contributed by atoms with E-state index in [9.17, 15) is 0 Å².